The number of hydrogen-bond donors (Lipinski definition) is 0. The third-order valence-corrected chi connectivity index (χ3v) is 5.00. The number of sulfonamides is 1. The molecule has 0 aliphatic rings. The molecule has 8 heteroatoms. The highest BCUT2D eigenvalue weighted by Gasteiger charge is 2.26. The van der Waals surface area contributed by atoms with Crippen LogP contribution in [-0.2, 0) is 24.3 Å². The molecule has 0 unspecified atom stereocenters. The van der Waals surface area contributed by atoms with Crippen LogP contribution in [0.4, 0.5) is 0 Å². The lowest BCUT2D eigenvalue weighted by Crippen LogP contribution is -2.38. The van der Waals surface area contributed by atoms with Gasteiger partial charge < -0.3 is 9.64 Å². The summed E-state index contributed by atoms with van der Waals surface area (Å²) in [6, 6.07) is 6.31. The number of ether oxygens (including phenoxy) is 1. The smallest absolute Gasteiger partial charge is 0.322 e. The fraction of sp³-hybridized carbons (Fsp3) is 0.467. The number of nitrogens with zero attached hydrogens (tertiary/aromatic N) is 2. The molecule has 0 radical (unpaired) electrons. The Morgan fingerprint density at radius 2 is 1.65 bits per heavy atom. The van der Waals surface area contributed by atoms with Gasteiger partial charge in [0.25, 0.3) is 5.91 Å². The number of amides is 1. The van der Waals surface area contributed by atoms with Crippen LogP contribution in [-0.4, -0.2) is 63.3 Å². The molecule has 0 aliphatic carbocycles. The van der Waals surface area contributed by atoms with E-state index in [1.807, 2.05) is 6.92 Å². The Kier molecular flexibility index (Phi) is 6.28. The first-order chi connectivity index (χ1) is 10.6. The molecule has 1 aromatic carbocycles. The average molecular weight is 342 g/mol. The van der Waals surface area contributed by atoms with E-state index in [9.17, 15) is 18.0 Å². The van der Waals surface area contributed by atoms with Crippen LogP contribution in [0, 0.1) is 6.92 Å². The minimum Gasteiger partial charge on any atom is -0.452 e. The van der Waals surface area contributed by atoms with Crippen LogP contribution in [0.25, 0.3) is 0 Å². The Hall–Kier alpha value is -1.93. The summed E-state index contributed by atoms with van der Waals surface area (Å²) in [6.07, 6.45) is -0.965. The molecule has 0 N–H and O–H groups in total. The zero-order valence-electron chi connectivity index (χ0n) is 13.9. The van der Waals surface area contributed by atoms with Crippen molar-refractivity contribution in [1.29, 1.82) is 0 Å². The number of hydrogen-bond acceptors (Lipinski definition) is 5. The maximum Gasteiger partial charge on any atom is 0.322 e. The van der Waals surface area contributed by atoms with Gasteiger partial charge in [-0.1, -0.05) is 17.7 Å². The second-order valence-electron chi connectivity index (χ2n) is 5.44. The third-order valence-electron chi connectivity index (χ3n) is 3.18. The van der Waals surface area contributed by atoms with Crippen molar-refractivity contribution in [2.45, 2.75) is 24.8 Å². The van der Waals surface area contributed by atoms with Gasteiger partial charge in [-0.15, -0.1) is 0 Å². The van der Waals surface area contributed by atoms with E-state index in [0.717, 1.165) is 9.87 Å². The van der Waals surface area contributed by atoms with Crippen molar-refractivity contribution < 1.29 is 22.7 Å². The second-order valence-corrected chi connectivity index (χ2v) is 7.48. The highest BCUT2D eigenvalue weighted by atomic mass is 32.2. The largest absolute Gasteiger partial charge is 0.452 e. The van der Waals surface area contributed by atoms with Gasteiger partial charge in [-0.05, 0) is 26.0 Å². The van der Waals surface area contributed by atoms with E-state index in [2.05, 4.69) is 0 Å². The van der Waals surface area contributed by atoms with E-state index in [1.54, 1.807) is 26.2 Å². The highest BCUT2D eigenvalue weighted by Crippen LogP contribution is 2.15. The van der Waals surface area contributed by atoms with Gasteiger partial charge in [-0.25, -0.2) is 8.42 Å². The first-order valence-corrected chi connectivity index (χ1v) is 8.43. The van der Waals surface area contributed by atoms with E-state index in [-0.39, 0.29) is 10.8 Å². The zero-order valence-corrected chi connectivity index (χ0v) is 14.8. The summed E-state index contributed by atoms with van der Waals surface area (Å²) in [6.45, 7) is 2.82. The lowest BCUT2D eigenvalue weighted by Gasteiger charge is -2.20. The molecule has 128 valence electrons. The van der Waals surface area contributed by atoms with Crippen molar-refractivity contribution in [2.75, 3.05) is 27.7 Å². The minimum atomic E-state index is -3.79. The SMILES string of the molecule is Cc1ccc(S(=O)(=O)N(C)CC(=O)O[C@H](C)C(=O)N(C)C)cc1. The normalized spacial score (nSPS) is 12.8. The number of carbonyl (C=O) groups excluding carboxylic acids is 2. The van der Waals surface area contributed by atoms with E-state index < -0.39 is 28.6 Å². The standard InChI is InChI=1S/C15H22N2O5S/c1-11-6-8-13(9-7-11)23(20,21)17(5)10-14(18)22-12(2)15(19)16(3)4/h6-9,12H,10H2,1-5H3/t12-/m1/s1. The lowest BCUT2D eigenvalue weighted by atomic mass is 10.2. The van der Waals surface area contributed by atoms with Gasteiger partial charge in [0.05, 0.1) is 4.90 Å². The average Bonchev–Trinajstić information content (AvgIpc) is 2.46. The monoisotopic (exact) mass is 342 g/mol. The number of benzene rings is 1. The fourth-order valence-corrected chi connectivity index (χ4v) is 2.92. The van der Waals surface area contributed by atoms with Gasteiger partial charge >= 0.3 is 5.97 Å². The highest BCUT2D eigenvalue weighted by molar-refractivity contribution is 7.89. The molecule has 1 amide bonds. The molecule has 0 saturated heterocycles. The molecular weight excluding hydrogens is 320 g/mol. The van der Waals surface area contributed by atoms with Crippen LogP contribution >= 0.6 is 0 Å². The van der Waals surface area contributed by atoms with Gasteiger partial charge in [0.15, 0.2) is 6.10 Å². The number of aryl methyl sites for hydroxylation is 1. The molecule has 7 nitrogen and oxygen atoms in total. The van der Waals surface area contributed by atoms with Crippen molar-refractivity contribution in [3.05, 3.63) is 29.8 Å². The van der Waals surface area contributed by atoms with Crippen molar-refractivity contribution in [3.8, 4) is 0 Å². The first kappa shape index (κ1) is 19.1. The number of carbonyl (C=O) groups is 2. The minimum absolute atomic E-state index is 0.0933. The van der Waals surface area contributed by atoms with Gasteiger partial charge in [-0.3, -0.25) is 9.59 Å². The molecule has 0 aliphatic heterocycles. The van der Waals surface area contributed by atoms with E-state index in [0.29, 0.717) is 0 Å². The maximum absolute atomic E-state index is 12.3. The van der Waals surface area contributed by atoms with Crippen LogP contribution in [0.15, 0.2) is 29.2 Å². The maximum atomic E-state index is 12.3. The van der Waals surface area contributed by atoms with Gasteiger partial charge in [0.2, 0.25) is 10.0 Å². The van der Waals surface area contributed by atoms with Crippen molar-refractivity contribution in [1.82, 2.24) is 9.21 Å². The Bertz CT molecular complexity index is 668. The Balaban J connectivity index is 2.74. The quantitative estimate of drug-likeness (QED) is 0.708. The lowest BCUT2D eigenvalue weighted by molar-refractivity contribution is -0.157. The second kappa shape index (κ2) is 7.56. The zero-order chi connectivity index (χ0) is 17.8. The number of rotatable bonds is 6. The molecule has 0 fully saturated rings. The van der Waals surface area contributed by atoms with Crippen LogP contribution in [0.5, 0.6) is 0 Å². The molecule has 0 bridgehead atoms. The predicted octanol–water partition coefficient (Wildman–Crippen LogP) is 0.635. The Labute approximate surface area is 136 Å². The molecule has 1 rings (SSSR count). The van der Waals surface area contributed by atoms with Gasteiger partial charge in [0, 0.05) is 21.1 Å². The summed E-state index contributed by atoms with van der Waals surface area (Å²) >= 11 is 0. The van der Waals surface area contributed by atoms with Crippen molar-refractivity contribution in [2.24, 2.45) is 0 Å². The molecule has 0 saturated carbocycles. The van der Waals surface area contributed by atoms with Crippen LogP contribution in [0.1, 0.15) is 12.5 Å². The number of likely N-dealkylation sites (N-methyl/N-ethyl adjacent to an activating group) is 2. The fourth-order valence-electron chi connectivity index (χ4n) is 1.81. The summed E-state index contributed by atoms with van der Waals surface area (Å²) in [5, 5.41) is 0. The molecule has 1 aromatic rings. The molecular formula is C15H22N2O5S. The summed E-state index contributed by atoms with van der Waals surface area (Å²) in [4.78, 5) is 24.8. The Morgan fingerprint density at radius 3 is 2.13 bits per heavy atom. The van der Waals surface area contributed by atoms with E-state index in [1.165, 1.54) is 31.0 Å². The molecule has 1 atom stereocenters. The topological polar surface area (TPSA) is 84.0 Å². The van der Waals surface area contributed by atoms with Crippen LogP contribution in [0.2, 0.25) is 0 Å². The van der Waals surface area contributed by atoms with Gasteiger partial charge in [0.1, 0.15) is 6.54 Å². The van der Waals surface area contributed by atoms with Crippen LogP contribution in [0.3, 0.4) is 0 Å². The summed E-state index contributed by atoms with van der Waals surface area (Å²) in [7, 11) is 0.585. The predicted molar refractivity (Wildman–Crippen MR) is 85.2 cm³/mol. The number of esters is 1. The molecule has 0 aromatic heterocycles. The van der Waals surface area contributed by atoms with E-state index in [4.69, 9.17) is 4.74 Å². The molecule has 0 heterocycles. The van der Waals surface area contributed by atoms with Crippen molar-refractivity contribution >= 4 is 21.9 Å². The summed E-state index contributed by atoms with van der Waals surface area (Å²) in [5.74, 6) is -1.16. The first-order valence-electron chi connectivity index (χ1n) is 6.99. The van der Waals surface area contributed by atoms with E-state index >= 15 is 0 Å². The Morgan fingerprint density at radius 1 is 1.13 bits per heavy atom. The summed E-state index contributed by atoms with van der Waals surface area (Å²) in [5.41, 5.74) is 0.932. The van der Waals surface area contributed by atoms with Crippen molar-refractivity contribution in [3.63, 3.8) is 0 Å². The summed E-state index contributed by atoms with van der Waals surface area (Å²) < 4.78 is 30.6. The van der Waals surface area contributed by atoms with Gasteiger partial charge in [-0.2, -0.15) is 4.31 Å². The third kappa shape index (κ3) is 5.04. The van der Waals surface area contributed by atoms with Crippen LogP contribution < -0.4 is 0 Å². The molecule has 23 heavy (non-hydrogen) atoms. The molecule has 0 spiro atoms.